The Hall–Kier alpha value is -1.14. The van der Waals surface area contributed by atoms with Crippen LogP contribution in [0, 0.1) is 5.92 Å². The van der Waals surface area contributed by atoms with Gasteiger partial charge in [0.2, 0.25) is 10.0 Å². The molecule has 6 heteroatoms. The lowest BCUT2D eigenvalue weighted by Crippen LogP contribution is -2.28. The van der Waals surface area contributed by atoms with Crippen molar-refractivity contribution in [2.45, 2.75) is 37.0 Å². The number of pyridine rings is 1. The van der Waals surface area contributed by atoms with Crippen molar-refractivity contribution < 1.29 is 8.42 Å². The van der Waals surface area contributed by atoms with E-state index in [4.69, 9.17) is 0 Å². The number of nitrogens with zero attached hydrogens (tertiary/aromatic N) is 3. The molecule has 1 saturated heterocycles. The predicted molar refractivity (Wildman–Crippen MR) is 82.8 cm³/mol. The summed E-state index contributed by atoms with van der Waals surface area (Å²) in [5.74, 6) is 1.73. The highest BCUT2D eigenvalue weighted by atomic mass is 32.2. The van der Waals surface area contributed by atoms with Gasteiger partial charge in [0, 0.05) is 32.9 Å². The fourth-order valence-electron chi connectivity index (χ4n) is 2.73. The van der Waals surface area contributed by atoms with E-state index >= 15 is 0 Å². The molecule has 0 N–H and O–H groups in total. The molecule has 0 radical (unpaired) electrons. The first-order chi connectivity index (χ1) is 10.1. The normalized spacial score (nSPS) is 19.9. The van der Waals surface area contributed by atoms with E-state index in [0.29, 0.717) is 18.0 Å². The van der Waals surface area contributed by atoms with Crippen LogP contribution in [0.25, 0.3) is 0 Å². The number of hydrogen-bond acceptors (Lipinski definition) is 4. The summed E-state index contributed by atoms with van der Waals surface area (Å²) in [6.07, 6.45) is 7.31. The summed E-state index contributed by atoms with van der Waals surface area (Å²) in [5, 5.41) is 0. The van der Waals surface area contributed by atoms with Gasteiger partial charge in [0.15, 0.2) is 0 Å². The largest absolute Gasteiger partial charge is 0.360 e. The van der Waals surface area contributed by atoms with Crippen molar-refractivity contribution in [3.63, 3.8) is 0 Å². The fourth-order valence-corrected chi connectivity index (χ4v) is 4.19. The molecule has 3 rings (SSSR count). The molecule has 0 bridgehead atoms. The van der Waals surface area contributed by atoms with E-state index in [2.05, 4.69) is 9.88 Å². The van der Waals surface area contributed by atoms with Gasteiger partial charge in [0.1, 0.15) is 10.7 Å². The lowest BCUT2D eigenvalue weighted by molar-refractivity contribution is 0.477. The van der Waals surface area contributed by atoms with Crippen LogP contribution in [-0.4, -0.2) is 44.4 Å². The molecule has 2 fully saturated rings. The fraction of sp³-hybridized carbons (Fsp3) is 0.667. The molecule has 0 amide bonds. The summed E-state index contributed by atoms with van der Waals surface area (Å²) < 4.78 is 26.4. The molecule has 1 aromatic heterocycles. The molecule has 1 aromatic rings. The zero-order valence-electron chi connectivity index (χ0n) is 12.5. The van der Waals surface area contributed by atoms with Gasteiger partial charge in [-0.05, 0) is 37.3 Å². The number of aromatic nitrogens is 1. The Morgan fingerprint density at radius 2 is 2.00 bits per heavy atom. The van der Waals surface area contributed by atoms with Gasteiger partial charge < -0.3 is 4.90 Å². The van der Waals surface area contributed by atoms with Crippen LogP contribution < -0.4 is 4.90 Å². The van der Waals surface area contributed by atoms with Crippen LogP contribution in [0.1, 0.15) is 32.1 Å². The smallest absolute Gasteiger partial charge is 0.244 e. The summed E-state index contributed by atoms with van der Waals surface area (Å²) in [6.45, 7) is 2.24. The number of rotatable bonds is 6. The Labute approximate surface area is 127 Å². The maximum Gasteiger partial charge on any atom is 0.244 e. The van der Waals surface area contributed by atoms with Gasteiger partial charge in [-0.15, -0.1) is 0 Å². The van der Waals surface area contributed by atoms with Crippen LogP contribution in [0.2, 0.25) is 0 Å². The van der Waals surface area contributed by atoms with Gasteiger partial charge in [0.05, 0.1) is 0 Å². The van der Waals surface area contributed by atoms with Crippen molar-refractivity contribution >= 4 is 15.8 Å². The number of anilines is 1. The molecule has 1 aliphatic carbocycles. The topological polar surface area (TPSA) is 53.5 Å². The monoisotopic (exact) mass is 309 g/mol. The Balaban J connectivity index is 1.67. The van der Waals surface area contributed by atoms with E-state index in [1.165, 1.54) is 25.5 Å². The lowest BCUT2D eigenvalue weighted by atomic mass is 10.3. The molecule has 1 aliphatic heterocycles. The molecular weight excluding hydrogens is 286 g/mol. The van der Waals surface area contributed by atoms with E-state index in [1.807, 2.05) is 13.1 Å². The second-order valence-corrected chi connectivity index (χ2v) is 8.05. The van der Waals surface area contributed by atoms with Gasteiger partial charge in [-0.2, -0.15) is 4.31 Å². The van der Waals surface area contributed by atoms with E-state index in [9.17, 15) is 8.42 Å². The lowest BCUT2D eigenvalue weighted by Gasteiger charge is -2.19. The van der Waals surface area contributed by atoms with E-state index < -0.39 is 10.0 Å². The molecule has 5 nitrogen and oxygen atoms in total. The number of sulfonamides is 1. The molecule has 2 aliphatic rings. The first-order valence-corrected chi connectivity index (χ1v) is 9.19. The second-order valence-electron chi connectivity index (χ2n) is 6.12. The van der Waals surface area contributed by atoms with Crippen LogP contribution in [0.3, 0.4) is 0 Å². The summed E-state index contributed by atoms with van der Waals surface area (Å²) in [4.78, 5) is 6.75. The van der Waals surface area contributed by atoms with Crippen molar-refractivity contribution in [3.8, 4) is 0 Å². The van der Waals surface area contributed by atoms with Crippen molar-refractivity contribution in [2.75, 3.05) is 31.6 Å². The third-order valence-electron chi connectivity index (χ3n) is 4.38. The minimum Gasteiger partial charge on any atom is -0.360 e. The molecule has 21 heavy (non-hydrogen) atoms. The van der Waals surface area contributed by atoms with Gasteiger partial charge in [-0.3, -0.25) is 0 Å². The first kappa shape index (κ1) is 14.8. The van der Waals surface area contributed by atoms with E-state index in [1.54, 1.807) is 10.4 Å². The van der Waals surface area contributed by atoms with Gasteiger partial charge in [0.25, 0.3) is 0 Å². The minimum atomic E-state index is -3.34. The van der Waals surface area contributed by atoms with Crippen molar-refractivity contribution in [1.82, 2.24) is 9.29 Å². The van der Waals surface area contributed by atoms with Crippen molar-refractivity contribution in [2.24, 2.45) is 5.92 Å². The molecule has 116 valence electrons. The van der Waals surface area contributed by atoms with E-state index in [0.717, 1.165) is 31.1 Å². The van der Waals surface area contributed by atoms with Crippen LogP contribution in [-0.2, 0) is 10.0 Å². The standard InChI is InChI=1S/C15H23N3O2S/c1-17(11-8-13-4-5-13)15-7-6-14(12-16-15)21(19,20)18-9-2-3-10-18/h6-7,12-13H,2-5,8-11H2,1H3. The zero-order chi connectivity index (χ0) is 14.9. The summed E-state index contributed by atoms with van der Waals surface area (Å²) >= 11 is 0. The molecule has 2 heterocycles. The molecule has 0 unspecified atom stereocenters. The van der Waals surface area contributed by atoms with Crippen molar-refractivity contribution in [3.05, 3.63) is 18.3 Å². The highest BCUT2D eigenvalue weighted by Crippen LogP contribution is 2.32. The average molecular weight is 309 g/mol. The third-order valence-corrected chi connectivity index (χ3v) is 6.27. The SMILES string of the molecule is CN(CCC1CC1)c1ccc(S(=O)(=O)N2CCCC2)cn1. The molecular formula is C15H23N3O2S. The Morgan fingerprint density at radius 3 is 2.57 bits per heavy atom. The summed E-state index contributed by atoms with van der Waals surface area (Å²) in [5.41, 5.74) is 0. The highest BCUT2D eigenvalue weighted by Gasteiger charge is 2.27. The molecule has 0 atom stereocenters. The third kappa shape index (κ3) is 3.37. The zero-order valence-corrected chi connectivity index (χ0v) is 13.3. The van der Waals surface area contributed by atoms with Gasteiger partial charge >= 0.3 is 0 Å². The minimum absolute atomic E-state index is 0.309. The maximum atomic E-state index is 12.4. The maximum absolute atomic E-state index is 12.4. The van der Waals surface area contributed by atoms with Crippen LogP contribution in [0.4, 0.5) is 5.82 Å². The Morgan fingerprint density at radius 1 is 1.29 bits per heavy atom. The average Bonchev–Trinajstić information content (AvgIpc) is 3.15. The van der Waals surface area contributed by atoms with Gasteiger partial charge in [-0.25, -0.2) is 13.4 Å². The Bertz CT molecular complexity index is 575. The summed E-state index contributed by atoms with van der Waals surface area (Å²) in [6, 6.07) is 3.50. The Kier molecular flexibility index (Phi) is 4.17. The summed E-state index contributed by atoms with van der Waals surface area (Å²) in [7, 11) is -1.33. The first-order valence-electron chi connectivity index (χ1n) is 7.75. The predicted octanol–water partition coefficient (Wildman–Crippen LogP) is 2.10. The second kappa shape index (κ2) is 5.93. The van der Waals surface area contributed by atoms with E-state index in [-0.39, 0.29) is 0 Å². The van der Waals surface area contributed by atoms with Crippen LogP contribution in [0.5, 0.6) is 0 Å². The number of hydrogen-bond donors (Lipinski definition) is 0. The van der Waals surface area contributed by atoms with Crippen molar-refractivity contribution in [1.29, 1.82) is 0 Å². The molecule has 1 saturated carbocycles. The quantitative estimate of drug-likeness (QED) is 0.807. The van der Waals surface area contributed by atoms with Gasteiger partial charge in [-0.1, -0.05) is 12.8 Å². The van der Waals surface area contributed by atoms with Crippen LogP contribution >= 0.6 is 0 Å². The van der Waals surface area contributed by atoms with Crippen LogP contribution in [0.15, 0.2) is 23.2 Å². The highest BCUT2D eigenvalue weighted by molar-refractivity contribution is 7.89. The molecule has 0 spiro atoms. The molecule has 0 aromatic carbocycles.